The molecule has 17 heteroatoms. The van der Waals surface area contributed by atoms with Crippen molar-refractivity contribution in [2.24, 2.45) is 0 Å². The zero-order valence-corrected chi connectivity index (χ0v) is 19.8. The normalized spacial score (nSPS) is 12.4. The molecule has 0 heterocycles. The van der Waals surface area contributed by atoms with Crippen molar-refractivity contribution in [1.29, 1.82) is 0 Å². The fourth-order valence-electron chi connectivity index (χ4n) is 1.61. The molecule has 2 aromatic rings. The van der Waals surface area contributed by atoms with Crippen LogP contribution < -0.4 is 30.2 Å². The van der Waals surface area contributed by atoms with Gasteiger partial charge in [-0.2, -0.15) is 16.8 Å². The van der Waals surface area contributed by atoms with Crippen LogP contribution >= 0.6 is 15.9 Å². The molecule has 0 saturated carbocycles. The van der Waals surface area contributed by atoms with Crippen LogP contribution in [0.3, 0.4) is 0 Å². The monoisotopic (exact) mass is 564 g/mol. The zero-order valence-electron chi connectivity index (χ0n) is 13.9. The van der Waals surface area contributed by atoms with E-state index in [1.54, 1.807) is 0 Å². The molecule has 0 fully saturated rings. The third-order valence-corrected chi connectivity index (χ3v) is 6.56. The van der Waals surface area contributed by atoms with Gasteiger partial charge in [0.05, 0.1) is 15.1 Å². The summed E-state index contributed by atoms with van der Waals surface area (Å²) in [5.74, 6) is 0. The molecule has 0 aliphatic heterocycles. The third-order valence-electron chi connectivity index (χ3n) is 2.92. The van der Waals surface area contributed by atoms with Crippen molar-refractivity contribution < 1.29 is 81.5 Å². The maximum atomic E-state index is 10.7. The molecule has 2 rings (SSSR count). The van der Waals surface area contributed by atoms with E-state index in [0.29, 0.717) is 0 Å². The Labute approximate surface area is 185 Å². The van der Waals surface area contributed by atoms with E-state index in [9.17, 15) is 36.4 Å². The molecule has 0 aliphatic carbocycles. The summed E-state index contributed by atoms with van der Waals surface area (Å²) in [6.07, 6.45) is 0. The standard InChI is InChI=1S/2C6H7O6PS.Zr/c2*7-13(8,9)5-1-3-6(4-2-5)14(10,11)12;/h2*1-4H,(H2,7,8,9)(H,10,11,12);/q;;+2/p-2. The minimum absolute atomic E-state index is 0. The maximum absolute atomic E-state index is 10.7. The fraction of sp³-hybridized carbons (Fsp3) is 0. The summed E-state index contributed by atoms with van der Waals surface area (Å²) in [7, 11) is -17.9. The Morgan fingerprint density at radius 1 is 0.621 bits per heavy atom. The number of benzene rings is 2. The van der Waals surface area contributed by atoms with E-state index in [2.05, 4.69) is 0 Å². The van der Waals surface area contributed by atoms with E-state index >= 15 is 0 Å². The van der Waals surface area contributed by atoms with Gasteiger partial charge < -0.3 is 19.6 Å². The Bertz CT molecular complexity index is 925. The minimum Gasteiger partial charge on any atom is -0.684 e. The molecule has 0 bridgehead atoms. The first-order valence-electron chi connectivity index (χ1n) is 6.66. The quantitative estimate of drug-likeness (QED) is 0.205. The van der Waals surface area contributed by atoms with E-state index < -0.39 is 51.2 Å². The number of hydrogen-bond donors (Lipinski definition) is 4. The molecular formula is C12H12O12P2S2Zr. The predicted molar refractivity (Wildman–Crippen MR) is 90.1 cm³/mol. The summed E-state index contributed by atoms with van der Waals surface area (Å²) in [6, 6.07) is 7.06. The maximum Gasteiger partial charge on any atom is 2.00 e. The van der Waals surface area contributed by atoms with E-state index in [0.717, 1.165) is 48.5 Å². The van der Waals surface area contributed by atoms with Gasteiger partial charge in [-0.25, -0.2) is 9.79 Å². The largest absolute Gasteiger partial charge is 2.00 e. The average Bonchev–Trinajstić information content (AvgIpc) is 2.52. The first-order chi connectivity index (χ1) is 12.4. The first kappa shape index (κ1) is 28.8. The fourth-order valence-corrected chi connectivity index (χ4v) is 3.62. The molecule has 0 spiro atoms. The van der Waals surface area contributed by atoms with Crippen LogP contribution in [0.25, 0.3) is 0 Å². The van der Waals surface area contributed by atoms with Crippen LogP contribution in [0.5, 0.6) is 0 Å². The number of hydrogen-bond acceptors (Lipinski definition) is 10. The molecule has 158 valence electrons. The van der Waals surface area contributed by atoms with Gasteiger partial charge in [0.2, 0.25) is 0 Å². The van der Waals surface area contributed by atoms with E-state index in [1.165, 1.54) is 0 Å². The van der Waals surface area contributed by atoms with Crippen LogP contribution in [-0.4, -0.2) is 35.7 Å². The van der Waals surface area contributed by atoms with Gasteiger partial charge in [-0.1, -0.05) is 0 Å². The van der Waals surface area contributed by atoms with Crippen molar-refractivity contribution in [2.75, 3.05) is 0 Å². The van der Waals surface area contributed by atoms with Gasteiger partial charge in [-0.3, -0.25) is 9.11 Å². The van der Waals surface area contributed by atoms with Gasteiger partial charge in [-0.15, -0.1) is 7.94 Å². The first-order valence-corrected chi connectivity index (χ1v) is 12.7. The molecule has 0 saturated heterocycles. The van der Waals surface area contributed by atoms with Crippen molar-refractivity contribution >= 4 is 46.7 Å². The van der Waals surface area contributed by atoms with Gasteiger partial charge in [0, 0.05) is 0 Å². The molecule has 0 amide bonds. The summed E-state index contributed by atoms with van der Waals surface area (Å²) in [6.45, 7) is 0. The minimum atomic E-state index is -4.87. The average molecular weight is 566 g/mol. The van der Waals surface area contributed by atoms with E-state index in [1.807, 2.05) is 0 Å². The van der Waals surface area contributed by atoms with Crippen LogP contribution in [-0.2, 0) is 46.4 Å². The van der Waals surface area contributed by atoms with E-state index in [-0.39, 0.29) is 31.5 Å². The third kappa shape index (κ3) is 9.62. The molecule has 0 unspecified atom stereocenters. The van der Waals surface area contributed by atoms with Crippen molar-refractivity contribution in [3.63, 3.8) is 0 Å². The Morgan fingerprint density at radius 2 is 0.897 bits per heavy atom. The molecule has 12 nitrogen and oxygen atoms in total. The summed E-state index contributed by atoms with van der Waals surface area (Å²) >= 11 is 0. The van der Waals surface area contributed by atoms with Gasteiger partial charge in [0.15, 0.2) is 0 Å². The van der Waals surface area contributed by atoms with Crippen molar-refractivity contribution in [1.82, 2.24) is 0 Å². The van der Waals surface area contributed by atoms with Gasteiger partial charge in [0.1, 0.15) is 5.30 Å². The second-order valence-electron chi connectivity index (χ2n) is 4.98. The zero-order chi connectivity index (χ0) is 22.0. The molecule has 0 aromatic heterocycles. The van der Waals surface area contributed by atoms with Crippen LogP contribution in [0, 0.1) is 0 Å². The second kappa shape index (κ2) is 10.4. The van der Waals surface area contributed by atoms with Gasteiger partial charge in [0.25, 0.3) is 28.2 Å². The summed E-state index contributed by atoms with van der Waals surface area (Å²) in [5.41, 5.74) is 0. The Morgan fingerprint density at radius 3 is 1.10 bits per heavy atom. The Balaban J connectivity index is 0.000000523. The Kier molecular flexibility index (Phi) is 10.3. The second-order valence-corrected chi connectivity index (χ2v) is 10.9. The molecule has 0 atom stereocenters. The summed E-state index contributed by atoms with van der Waals surface area (Å²) < 4.78 is 59.2. The van der Waals surface area contributed by atoms with Gasteiger partial charge >= 0.3 is 26.2 Å². The smallest absolute Gasteiger partial charge is 0.684 e. The summed E-state index contributed by atoms with van der Waals surface area (Å²) in [5, 5.41) is -0.824. The predicted octanol–water partition coefficient (Wildman–Crippen LogP) is -3.93. The van der Waals surface area contributed by atoms with Crippen molar-refractivity contribution in [3.8, 4) is 0 Å². The molecule has 29 heavy (non-hydrogen) atoms. The molecule has 2 aromatic carbocycles. The molecular weight excluding hydrogens is 553 g/mol. The number of rotatable bonds is 4. The van der Waals surface area contributed by atoms with Crippen LogP contribution in [0.4, 0.5) is 0 Å². The summed E-state index contributed by atoms with van der Waals surface area (Å²) in [4.78, 5) is 58.5. The van der Waals surface area contributed by atoms with Crippen molar-refractivity contribution in [3.05, 3.63) is 48.5 Å². The SMILES string of the molecule is O=S(=O)(O)c1ccc([P+]([O-])(O)O)cc1.O=S(=O)(O)c1ccc([P+]([O-])([O-])[O-])cc1.[Zr+2]. The van der Waals surface area contributed by atoms with Crippen LogP contribution in [0.15, 0.2) is 58.3 Å². The topological polar surface area (TPSA) is 241 Å². The van der Waals surface area contributed by atoms with Crippen molar-refractivity contribution in [2.45, 2.75) is 9.79 Å². The molecule has 4 N–H and O–H groups in total. The Hall–Kier alpha value is -0.237. The van der Waals surface area contributed by atoms with E-state index in [4.69, 9.17) is 18.9 Å². The van der Waals surface area contributed by atoms with Crippen LogP contribution in [0.2, 0.25) is 0 Å². The van der Waals surface area contributed by atoms with Crippen LogP contribution in [0.1, 0.15) is 0 Å². The van der Waals surface area contributed by atoms with Gasteiger partial charge in [-0.05, 0) is 48.5 Å². The molecule has 0 aliphatic rings. The molecule has 0 radical (unpaired) electrons.